The maximum Gasteiger partial charge on any atom is 0.235 e. The maximum absolute atomic E-state index is 10.7. The van der Waals surface area contributed by atoms with E-state index in [1.807, 2.05) is 13.2 Å². The fourth-order valence-corrected chi connectivity index (χ4v) is 1.49. The second-order valence-corrected chi connectivity index (χ2v) is 3.77. The molecule has 1 heterocycles. The third kappa shape index (κ3) is 3.32. The van der Waals surface area contributed by atoms with Crippen molar-refractivity contribution in [3.05, 3.63) is 17.5 Å². The van der Waals surface area contributed by atoms with Gasteiger partial charge in [0.1, 0.15) is 0 Å². The van der Waals surface area contributed by atoms with Crippen molar-refractivity contribution in [1.29, 1.82) is 0 Å². The van der Waals surface area contributed by atoms with Gasteiger partial charge < -0.3 is 16.8 Å². The van der Waals surface area contributed by atoms with Crippen LogP contribution in [0.4, 0.5) is 0 Å². The molecule has 5 N–H and O–H groups in total. The molecular formula is C10H19N5O. The van der Waals surface area contributed by atoms with Crippen LogP contribution in [0.25, 0.3) is 0 Å². The van der Waals surface area contributed by atoms with Crippen molar-refractivity contribution in [2.45, 2.75) is 25.9 Å². The van der Waals surface area contributed by atoms with E-state index in [9.17, 15) is 4.79 Å². The van der Waals surface area contributed by atoms with Gasteiger partial charge >= 0.3 is 0 Å². The molecule has 0 saturated carbocycles. The molecule has 1 amide bonds. The Balaban J connectivity index is 2.45. The molecule has 90 valence electrons. The van der Waals surface area contributed by atoms with E-state index in [-0.39, 0.29) is 0 Å². The number of amides is 1. The predicted octanol–water partition coefficient (Wildman–Crippen LogP) is -1.12. The van der Waals surface area contributed by atoms with E-state index in [1.165, 1.54) is 0 Å². The van der Waals surface area contributed by atoms with Gasteiger partial charge in [-0.05, 0) is 6.42 Å². The number of aryl methyl sites for hydroxylation is 2. The van der Waals surface area contributed by atoms with Gasteiger partial charge in [0.25, 0.3) is 0 Å². The van der Waals surface area contributed by atoms with Gasteiger partial charge in [0, 0.05) is 31.9 Å². The van der Waals surface area contributed by atoms with Crippen LogP contribution in [0.5, 0.6) is 0 Å². The lowest BCUT2D eigenvalue weighted by atomic mass is 10.2. The Labute approximate surface area is 95.0 Å². The minimum Gasteiger partial charge on any atom is -0.368 e. The van der Waals surface area contributed by atoms with Crippen molar-refractivity contribution >= 4 is 5.91 Å². The van der Waals surface area contributed by atoms with Crippen LogP contribution in [-0.4, -0.2) is 28.3 Å². The van der Waals surface area contributed by atoms with E-state index in [1.54, 1.807) is 4.68 Å². The first-order valence-corrected chi connectivity index (χ1v) is 5.31. The van der Waals surface area contributed by atoms with Crippen LogP contribution in [0.2, 0.25) is 0 Å². The molecule has 0 bridgehead atoms. The van der Waals surface area contributed by atoms with Gasteiger partial charge in [-0.2, -0.15) is 5.10 Å². The van der Waals surface area contributed by atoms with Crippen molar-refractivity contribution in [2.75, 3.05) is 6.54 Å². The number of nitrogens with zero attached hydrogens (tertiary/aromatic N) is 2. The fraction of sp³-hybridized carbons (Fsp3) is 0.600. The zero-order valence-corrected chi connectivity index (χ0v) is 9.73. The van der Waals surface area contributed by atoms with Crippen LogP contribution >= 0.6 is 0 Å². The third-order valence-electron chi connectivity index (χ3n) is 2.37. The Morgan fingerprint density at radius 2 is 2.38 bits per heavy atom. The summed E-state index contributed by atoms with van der Waals surface area (Å²) in [5.41, 5.74) is 12.7. The number of nitrogens with two attached hydrogens (primary N) is 2. The van der Waals surface area contributed by atoms with Gasteiger partial charge in [-0.3, -0.25) is 9.48 Å². The Bertz CT molecular complexity index is 360. The standard InChI is InChI=1S/C10H19N5O/c1-3-9-7(6-15(2)14-9)4-13-5-8(11)10(12)16/h6,8,13H,3-5,11H2,1-2H3,(H2,12,16). The molecule has 1 aromatic heterocycles. The largest absolute Gasteiger partial charge is 0.368 e. The fourth-order valence-electron chi connectivity index (χ4n) is 1.49. The molecule has 0 saturated heterocycles. The zero-order chi connectivity index (χ0) is 12.1. The van der Waals surface area contributed by atoms with Gasteiger partial charge in [0.05, 0.1) is 11.7 Å². The molecular weight excluding hydrogens is 206 g/mol. The Kier molecular flexibility index (Phi) is 4.45. The molecule has 0 radical (unpaired) electrons. The van der Waals surface area contributed by atoms with Crippen LogP contribution in [0, 0.1) is 0 Å². The number of hydrogen-bond acceptors (Lipinski definition) is 4. The van der Waals surface area contributed by atoms with Gasteiger partial charge in [-0.1, -0.05) is 6.92 Å². The summed E-state index contributed by atoms with van der Waals surface area (Å²) in [6.45, 7) is 3.09. The smallest absolute Gasteiger partial charge is 0.235 e. The first-order valence-electron chi connectivity index (χ1n) is 5.31. The predicted molar refractivity (Wildman–Crippen MR) is 61.5 cm³/mol. The van der Waals surface area contributed by atoms with Gasteiger partial charge in [-0.25, -0.2) is 0 Å². The Morgan fingerprint density at radius 3 is 2.94 bits per heavy atom. The zero-order valence-electron chi connectivity index (χ0n) is 9.73. The van der Waals surface area contributed by atoms with Crippen LogP contribution in [0.15, 0.2) is 6.20 Å². The highest BCUT2D eigenvalue weighted by atomic mass is 16.1. The number of carbonyl (C=O) groups excluding carboxylic acids is 1. The summed E-state index contributed by atoms with van der Waals surface area (Å²) in [6, 6.07) is -0.637. The second kappa shape index (κ2) is 5.62. The van der Waals surface area contributed by atoms with Crippen molar-refractivity contribution in [2.24, 2.45) is 18.5 Å². The monoisotopic (exact) mass is 225 g/mol. The molecule has 1 unspecified atom stereocenters. The van der Waals surface area contributed by atoms with E-state index in [0.717, 1.165) is 17.7 Å². The molecule has 0 spiro atoms. The maximum atomic E-state index is 10.7. The minimum atomic E-state index is -0.637. The highest BCUT2D eigenvalue weighted by Gasteiger charge is 2.09. The van der Waals surface area contributed by atoms with Gasteiger partial charge in [0.2, 0.25) is 5.91 Å². The topological polar surface area (TPSA) is 99.0 Å². The van der Waals surface area contributed by atoms with Crippen molar-refractivity contribution < 1.29 is 4.79 Å². The molecule has 1 atom stereocenters. The number of carbonyl (C=O) groups is 1. The average Bonchev–Trinajstić information content (AvgIpc) is 2.58. The quantitative estimate of drug-likeness (QED) is 0.571. The second-order valence-electron chi connectivity index (χ2n) is 3.77. The van der Waals surface area contributed by atoms with E-state index >= 15 is 0 Å². The normalized spacial score (nSPS) is 12.7. The summed E-state index contributed by atoms with van der Waals surface area (Å²) in [6.07, 6.45) is 2.85. The van der Waals surface area contributed by atoms with Crippen molar-refractivity contribution in [1.82, 2.24) is 15.1 Å². The lowest BCUT2D eigenvalue weighted by Gasteiger charge is -2.08. The number of aromatic nitrogens is 2. The van der Waals surface area contributed by atoms with E-state index in [4.69, 9.17) is 11.5 Å². The number of rotatable bonds is 6. The van der Waals surface area contributed by atoms with Crippen LogP contribution in [0.3, 0.4) is 0 Å². The number of nitrogens with one attached hydrogen (secondary N) is 1. The molecule has 6 nitrogen and oxygen atoms in total. The summed E-state index contributed by atoms with van der Waals surface area (Å²) >= 11 is 0. The molecule has 1 rings (SSSR count). The van der Waals surface area contributed by atoms with Gasteiger partial charge in [-0.15, -0.1) is 0 Å². The Hall–Kier alpha value is -1.40. The number of hydrogen-bond donors (Lipinski definition) is 3. The first kappa shape index (κ1) is 12.7. The van der Waals surface area contributed by atoms with Crippen LogP contribution in [-0.2, 0) is 24.8 Å². The van der Waals surface area contributed by atoms with Crippen LogP contribution in [0.1, 0.15) is 18.2 Å². The molecule has 0 aliphatic carbocycles. The molecule has 0 fully saturated rings. The van der Waals surface area contributed by atoms with E-state index < -0.39 is 11.9 Å². The molecule has 0 aliphatic heterocycles. The van der Waals surface area contributed by atoms with E-state index in [0.29, 0.717) is 13.1 Å². The first-order chi connectivity index (χ1) is 7.54. The minimum absolute atomic E-state index is 0.382. The highest BCUT2D eigenvalue weighted by molar-refractivity contribution is 5.79. The molecule has 16 heavy (non-hydrogen) atoms. The summed E-state index contributed by atoms with van der Waals surface area (Å²) in [7, 11) is 1.89. The SMILES string of the molecule is CCc1nn(C)cc1CNCC(N)C(N)=O. The van der Waals surface area contributed by atoms with Crippen LogP contribution < -0.4 is 16.8 Å². The highest BCUT2D eigenvalue weighted by Crippen LogP contribution is 2.06. The molecule has 0 aliphatic rings. The van der Waals surface area contributed by atoms with Crippen molar-refractivity contribution in [3.8, 4) is 0 Å². The molecule has 1 aromatic rings. The number of primary amides is 1. The molecule has 6 heteroatoms. The summed E-state index contributed by atoms with van der Waals surface area (Å²) in [4.78, 5) is 10.7. The Morgan fingerprint density at radius 1 is 1.69 bits per heavy atom. The van der Waals surface area contributed by atoms with Crippen molar-refractivity contribution in [3.63, 3.8) is 0 Å². The summed E-state index contributed by atoms with van der Waals surface area (Å²) in [5, 5.41) is 7.41. The van der Waals surface area contributed by atoms with Gasteiger partial charge in [0.15, 0.2) is 0 Å². The molecule has 0 aromatic carbocycles. The summed E-state index contributed by atoms with van der Waals surface area (Å²) < 4.78 is 1.78. The van der Waals surface area contributed by atoms with E-state index in [2.05, 4.69) is 17.3 Å². The lowest BCUT2D eigenvalue weighted by Crippen LogP contribution is -2.44. The summed E-state index contributed by atoms with van der Waals surface area (Å²) in [5.74, 6) is -0.491. The third-order valence-corrected chi connectivity index (χ3v) is 2.37. The lowest BCUT2D eigenvalue weighted by molar-refractivity contribution is -0.119. The average molecular weight is 225 g/mol.